The van der Waals surface area contributed by atoms with E-state index in [1.807, 2.05) is 4.68 Å². The summed E-state index contributed by atoms with van der Waals surface area (Å²) in [6, 6.07) is 5.24. The fourth-order valence-electron chi connectivity index (χ4n) is 2.94. The molecule has 7 heteroatoms. The van der Waals surface area contributed by atoms with Crippen LogP contribution in [0.4, 0.5) is 4.39 Å². The van der Waals surface area contributed by atoms with E-state index in [0.29, 0.717) is 12.1 Å². The van der Waals surface area contributed by atoms with Crippen LogP contribution in [0.1, 0.15) is 49.4 Å². The summed E-state index contributed by atoms with van der Waals surface area (Å²) in [6.07, 6.45) is 1.65. The number of nitrogens with zero attached hydrogens (tertiary/aromatic N) is 3. The number of aromatic nitrogens is 3. The van der Waals surface area contributed by atoms with Crippen LogP contribution in [0.15, 0.2) is 24.3 Å². The molecule has 24 heavy (non-hydrogen) atoms. The van der Waals surface area contributed by atoms with Crippen LogP contribution >= 0.6 is 0 Å². The second kappa shape index (κ2) is 6.68. The minimum Gasteiger partial charge on any atom is -0.368 e. The van der Waals surface area contributed by atoms with Crippen LogP contribution in [-0.4, -0.2) is 26.7 Å². The zero-order valence-corrected chi connectivity index (χ0v) is 13.9. The van der Waals surface area contributed by atoms with Crippen LogP contribution in [-0.2, 0) is 17.8 Å². The first-order valence-electron chi connectivity index (χ1n) is 8.18. The van der Waals surface area contributed by atoms with Gasteiger partial charge in [-0.15, -0.1) is 0 Å². The van der Waals surface area contributed by atoms with Crippen LogP contribution in [0.3, 0.4) is 0 Å². The summed E-state index contributed by atoms with van der Waals surface area (Å²) in [6.45, 7) is 4.77. The van der Waals surface area contributed by atoms with Gasteiger partial charge in [0.05, 0.1) is 6.54 Å². The molecule has 0 saturated heterocycles. The molecule has 3 N–H and O–H groups in total. The molecule has 1 aliphatic heterocycles. The number of carbonyl (C=O) groups excluding carboxylic acids is 1. The molecule has 1 aromatic carbocycles. The lowest BCUT2D eigenvalue weighted by molar-refractivity contribution is -0.120. The van der Waals surface area contributed by atoms with Crippen molar-refractivity contribution in [2.45, 2.75) is 51.2 Å². The minimum atomic E-state index is -0.648. The van der Waals surface area contributed by atoms with Gasteiger partial charge in [0.15, 0.2) is 5.82 Å². The first kappa shape index (κ1) is 16.6. The Kier molecular flexibility index (Phi) is 4.62. The fraction of sp³-hybridized carbons (Fsp3) is 0.471. The molecule has 2 heterocycles. The number of benzene rings is 1. The minimum absolute atomic E-state index is 0.0572. The van der Waals surface area contributed by atoms with Crippen LogP contribution in [0.2, 0.25) is 0 Å². The van der Waals surface area contributed by atoms with Crippen LogP contribution in [0.25, 0.3) is 0 Å². The van der Waals surface area contributed by atoms with Crippen molar-refractivity contribution in [3.63, 3.8) is 0 Å². The average molecular weight is 331 g/mol. The third kappa shape index (κ3) is 3.46. The topological polar surface area (TPSA) is 85.8 Å². The summed E-state index contributed by atoms with van der Waals surface area (Å²) in [5.74, 6) is 1.29. The van der Waals surface area contributed by atoms with E-state index in [9.17, 15) is 9.18 Å². The Hall–Kier alpha value is -2.28. The highest BCUT2D eigenvalue weighted by molar-refractivity contribution is 5.81. The van der Waals surface area contributed by atoms with E-state index in [2.05, 4.69) is 29.2 Å². The summed E-state index contributed by atoms with van der Waals surface area (Å²) in [5, 5.41) is 7.82. The highest BCUT2D eigenvalue weighted by Crippen LogP contribution is 2.20. The number of primary amides is 1. The first-order chi connectivity index (χ1) is 11.4. The lowest BCUT2D eigenvalue weighted by atomic mass is 10.0. The number of nitrogens with two attached hydrogens (primary N) is 1. The maximum absolute atomic E-state index is 13.1. The summed E-state index contributed by atoms with van der Waals surface area (Å²) in [4.78, 5) is 16.4. The van der Waals surface area contributed by atoms with Crippen molar-refractivity contribution in [3.8, 4) is 0 Å². The number of fused-ring (bicyclic) bond motifs is 1. The van der Waals surface area contributed by atoms with Gasteiger partial charge in [0.2, 0.25) is 5.91 Å². The zero-order valence-electron chi connectivity index (χ0n) is 13.9. The van der Waals surface area contributed by atoms with Crippen molar-refractivity contribution < 1.29 is 9.18 Å². The second-order valence-electron chi connectivity index (χ2n) is 6.51. The van der Waals surface area contributed by atoms with E-state index in [4.69, 9.17) is 5.73 Å². The Balaban J connectivity index is 1.74. The van der Waals surface area contributed by atoms with E-state index in [-0.39, 0.29) is 17.8 Å². The number of carbonyl (C=O) groups is 1. The monoisotopic (exact) mass is 331 g/mol. The van der Waals surface area contributed by atoms with Gasteiger partial charge in [-0.1, -0.05) is 26.0 Å². The van der Waals surface area contributed by atoms with Gasteiger partial charge in [0.25, 0.3) is 0 Å². The summed E-state index contributed by atoms with van der Waals surface area (Å²) in [5.41, 5.74) is 6.20. The van der Waals surface area contributed by atoms with Crippen molar-refractivity contribution in [3.05, 3.63) is 47.3 Å². The summed E-state index contributed by atoms with van der Waals surface area (Å²) < 4.78 is 15.0. The van der Waals surface area contributed by atoms with E-state index in [1.54, 1.807) is 12.1 Å². The largest absolute Gasteiger partial charge is 0.368 e. The van der Waals surface area contributed by atoms with E-state index in [1.165, 1.54) is 12.1 Å². The molecule has 3 rings (SSSR count). The number of amides is 1. The van der Waals surface area contributed by atoms with Crippen LogP contribution < -0.4 is 11.1 Å². The SMILES string of the molecule is CC(C)c1nc2n(n1)C[C@H](N[C@H](C(N)=O)c1ccc(F)cc1)CC2. The Bertz CT molecular complexity index is 725. The molecule has 0 aliphatic carbocycles. The van der Waals surface area contributed by atoms with Crippen LogP contribution in [0, 0.1) is 5.82 Å². The Morgan fingerprint density at radius 1 is 1.38 bits per heavy atom. The Labute approximate surface area is 140 Å². The van der Waals surface area contributed by atoms with Crippen molar-refractivity contribution >= 4 is 5.91 Å². The van der Waals surface area contributed by atoms with Crippen molar-refractivity contribution in [1.29, 1.82) is 0 Å². The van der Waals surface area contributed by atoms with Gasteiger partial charge in [0.1, 0.15) is 17.7 Å². The maximum atomic E-state index is 13.1. The molecule has 0 saturated carbocycles. The molecule has 1 aliphatic rings. The van der Waals surface area contributed by atoms with Gasteiger partial charge in [0, 0.05) is 18.4 Å². The molecule has 6 nitrogen and oxygen atoms in total. The molecular weight excluding hydrogens is 309 g/mol. The van der Waals surface area contributed by atoms with Crippen LogP contribution in [0.5, 0.6) is 0 Å². The summed E-state index contributed by atoms with van der Waals surface area (Å²) in [7, 11) is 0. The highest BCUT2D eigenvalue weighted by Gasteiger charge is 2.27. The lowest BCUT2D eigenvalue weighted by Gasteiger charge is -2.27. The highest BCUT2D eigenvalue weighted by atomic mass is 19.1. The quantitative estimate of drug-likeness (QED) is 0.873. The van der Waals surface area contributed by atoms with Gasteiger partial charge < -0.3 is 5.73 Å². The molecular formula is C17H22FN5O. The Morgan fingerprint density at radius 3 is 2.71 bits per heavy atom. The van der Waals surface area contributed by atoms with E-state index in [0.717, 1.165) is 24.5 Å². The zero-order chi connectivity index (χ0) is 17.3. The van der Waals surface area contributed by atoms with Crippen molar-refractivity contribution in [1.82, 2.24) is 20.1 Å². The number of nitrogens with one attached hydrogen (secondary N) is 1. The van der Waals surface area contributed by atoms with E-state index < -0.39 is 11.9 Å². The third-order valence-electron chi connectivity index (χ3n) is 4.28. The number of hydrogen-bond donors (Lipinski definition) is 2. The normalized spacial score (nSPS) is 18.4. The third-order valence-corrected chi connectivity index (χ3v) is 4.28. The van der Waals surface area contributed by atoms with Gasteiger partial charge in [-0.2, -0.15) is 5.10 Å². The molecule has 0 unspecified atom stereocenters. The predicted molar refractivity (Wildman–Crippen MR) is 87.7 cm³/mol. The van der Waals surface area contributed by atoms with Gasteiger partial charge in [-0.3, -0.25) is 10.1 Å². The lowest BCUT2D eigenvalue weighted by Crippen LogP contribution is -2.44. The second-order valence-corrected chi connectivity index (χ2v) is 6.51. The molecule has 0 fully saturated rings. The molecule has 0 radical (unpaired) electrons. The predicted octanol–water partition coefficient (Wildman–Crippen LogP) is 1.67. The molecule has 128 valence electrons. The number of rotatable bonds is 5. The molecule has 2 atom stereocenters. The number of aryl methyl sites for hydroxylation is 1. The van der Waals surface area contributed by atoms with Gasteiger partial charge in [-0.05, 0) is 24.1 Å². The maximum Gasteiger partial charge on any atom is 0.239 e. The summed E-state index contributed by atoms with van der Waals surface area (Å²) >= 11 is 0. The smallest absolute Gasteiger partial charge is 0.239 e. The van der Waals surface area contributed by atoms with E-state index >= 15 is 0 Å². The average Bonchev–Trinajstić information content (AvgIpc) is 2.97. The fourth-order valence-corrected chi connectivity index (χ4v) is 2.94. The van der Waals surface area contributed by atoms with Gasteiger partial charge in [-0.25, -0.2) is 14.1 Å². The Morgan fingerprint density at radius 2 is 2.08 bits per heavy atom. The molecule has 1 amide bonds. The molecule has 2 aromatic rings. The molecule has 1 aromatic heterocycles. The van der Waals surface area contributed by atoms with Gasteiger partial charge >= 0.3 is 0 Å². The number of halogens is 1. The molecule has 0 bridgehead atoms. The first-order valence-corrected chi connectivity index (χ1v) is 8.18. The standard InChI is InChI=1S/C17H22FN5O/c1-10(2)17-21-14-8-7-13(9-23(14)22-17)20-15(16(19)24)11-3-5-12(18)6-4-11/h3-6,10,13,15,20H,7-9H2,1-2H3,(H2,19,24)/t13-,15+/m1/s1. The number of hydrogen-bond acceptors (Lipinski definition) is 4. The van der Waals surface area contributed by atoms with Crippen molar-refractivity contribution in [2.24, 2.45) is 5.73 Å². The van der Waals surface area contributed by atoms with Crippen molar-refractivity contribution in [2.75, 3.05) is 0 Å². The molecule has 0 spiro atoms.